The number of rotatable bonds is 3. The first-order valence-corrected chi connectivity index (χ1v) is 6.86. The lowest BCUT2D eigenvalue weighted by Crippen LogP contribution is -2.20. The lowest BCUT2D eigenvalue weighted by atomic mass is 10.1. The number of benzene rings is 2. The van der Waals surface area contributed by atoms with Crippen LogP contribution in [-0.2, 0) is 0 Å². The van der Waals surface area contributed by atoms with Gasteiger partial charge in [0.25, 0.3) is 0 Å². The fraction of sp³-hybridized carbons (Fsp3) is 0.188. The molecule has 0 saturated carbocycles. The van der Waals surface area contributed by atoms with Crippen LogP contribution in [-0.4, -0.2) is 13.1 Å². The molecule has 0 atom stereocenters. The molecule has 110 valence electrons. The smallest absolute Gasteiger partial charge is 0.323 e. The van der Waals surface area contributed by atoms with E-state index in [1.165, 1.54) is 7.11 Å². The van der Waals surface area contributed by atoms with Crippen molar-refractivity contribution >= 4 is 29.0 Å². The van der Waals surface area contributed by atoms with Crippen LogP contribution in [0.2, 0.25) is 5.02 Å². The molecule has 0 fully saturated rings. The predicted molar refractivity (Wildman–Crippen MR) is 86.6 cm³/mol. The lowest BCUT2D eigenvalue weighted by molar-refractivity contribution is 0.262. The van der Waals surface area contributed by atoms with E-state index in [1.807, 2.05) is 32.0 Å². The van der Waals surface area contributed by atoms with Crippen molar-refractivity contribution < 1.29 is 9.53 Å². The van der Waals surface area contributed by atoms with E-state index in [-0.39, 0.29) is 6.03 Å². The van der Waals surface area contributed by atoms with Gasteiger partial charge in [0.2, 0.25) is 0 Å². The third-order valence-corrected chi connectivity index (χ3v) is 3.27. The van der Waals surface area contributed by atoms with Gasteiger partial charge >= 0.3 is 6.03 Å². The molecular formula is C16H17ClN2O2. The van der Waals surface area contributed by atoms with Gasteiger partial charge in [-0.1, -0.05) is 29.3 Å². The summed E-state index contributed by atoms with van der Waals surface area (Å²) >= 11 is 5.93. The SMILES string of the molecule is COc1ccc(Cl)cc1NC(=O)Nc1ccc(C)cc1C. The second-order valence-corrected chi connectivity index (χ2v) is 5.18. The molecule has 0 bridgehead atoms. The molecule has 2 aromatic rings. The summed E-state index contributed by atoms with van der Waals surface area (Å²) in [5.41, 5.74) is 3.43. The highest BCUT2D eigenvalue weighted by molar-refractivity contribution is 6.31. The summed E-state index contributed by atoms with van der Waals surface area (Å²) in [6.45, 7) is 3.95. The summed E-state index contributed by atoms with van der Waals surface area (Å²) in [4.78, 5) is 12.1. The summed E-state index contributed by atoms with van der Waals surface area (Å²) in [5, 5.41) is 6.07. The fourth-order valence-electron chi connectivity index (χ4n) is 2.01. The number of hydrogen-bond acceptors (Lipinski definition) is 2. The highest BCUT2D eigenvalue weighted by Crippen LogP contribution is 2.28. The second kappa shape index (κ2) is 6.50. The number of carbonyl (C=O) groups is 1. The van der Waals surface area contributed by atoms with Crippen LogP contribution in [0.1, 0.15) is 11.1 Å². The van der Waals surface area contributed by atoms with Crippen molar-refractivity contribution in [3.05, 3.63) is 52.5 Å². The van der Waals surface area contributed by atoms with Crippen molar-refractivity contribution in [1.29, 1.82) is 0 Å². The summed E-state index contributed by atoms with van der Waals surface area (Å²) in [6.07, 6.45) is 0. The van der Waals surface area contributed by atoms with Crippen LogP contribution >= 0.6 is 11.6 Å². The number of anilines is 2. The van der Waals surface area contributed by atoms with Gasteiger partial charge in [0.1, 0.15) is 5.75 Å². The number of aryl methyl sites for hydroxylation is 2. The first-order chi connectivity index (χ1) is 9.99. The zero-order chi connectivity index (χ0) is 15.4. The normalized spacial score (nSPS) is 10.1. The van der Waals surface area contributed by atoms with E-state index >= 15 is 0 Å². The predicted octanol–water partition coefficient (Wildman–Crippen LogP) is 4.61. The van der Waals surface area contributed by atoms with Crippen LogP contribution < -0.4 is 15.4 Å². The van der Waals surface area contributed by atoms with Gasteiger partial charge in [-0.2, -0.15) is 0 Å². The molecule has 4 nitrogen and oxygen atoms in total. The third-order valence-electron chi connectivity index (χ3n) is 3.04. The average molecular weight is 305 g/mol. The number of methoxy groups -OCH3 is 1. The Kier molecular flexibility index (Phi) is 4.70. The molecule has 2 rings (SSSR count). The molecule has 0 aliphatic rings. The van der Waals surface area contributed by atoms with Gasteiger partial charge in [-0.05, 0) is 43.7 Å². The Labute approximate surface area is 129 Å². The lowest BCUT2D eigenvalue weighted by Gasteiger charge is -2.13. The van der Waals surface area contributed by atoms with Crippen molar-refractivity contribution in [2.75, 3.05) is 17.7 Å². The van der Waals surface area contributed by atoms with Gasteiger partial charge < -0.3 is 15.4 Å². The van der Waals surface area contributed by atoms with E-state index in [4.69, 9.17) is 16.3 Å². The van der Waals surface area contributed by atoms with E-state index in [0.717, 1.165) is 16.8 Å². The highest BCUT2D eigenvalue weighted by atomic mass is 35.5. The number of carbonyl (C=O) groups excluding carboxylic acids is 1. The Bertz CT molecular complexity index is 671. The number of urea groups is 1. The number of halogens is 1. The Hall–Kier alpha value is -2.20. The molecule has 0 aliphatic carbocycles. The molecular weight excluding hydrogens is 288 g/mol. The van der Waals surface area contributed by atoms with Gasteiger partial charge in [-0.25, -0.2) is 4.79 Å². The van der Waals surface area contributed by atoms with Crippen LogP contribution in [0.15, 0.2) is 36.4 Å². The van der Waals surface area contributed by atoms with Crippen LogP contribution in [0.25, 0.3) is 0 Å². The third kappa shape index (κ3) is 3.89. The molecule has 0 heterocycles. The first-order valence-electron chi connectivity index (χ1n) is 6.48. The first kappa shape index (κ1) is 15.2. The quantitative estimate of drug-likeness (QED) is 0.870. The van der Waals surface area contributed by atoms with Gasteiger partial charge in [0.15, 0.2) is 0 Å². The van der Waals surface area contributed by atoms with E-state index in [9.17, 15) is 4.79 Å². The zero-order valence-electron chi connectivity index (χ0n) is 12.2. The van der Waals surface area contributed by atoms with Crippen LogP contribution in [0, 0.1) is 13.8 Å². The number of hydrogen-bond donors (Lipinski definition) is 2. The molecule has 0 unspecified atom stereocenters. The molecule has 5 heteroatoms. The molecule has 0 saturated heterocycles. The Balaban J connectivity index is 2.13. The molecule has 0 aromatic heterocycles. The molecule has 0 spiro atoms. The minimum Gasteiger partial charge on any atom is -0.495 e. The van der Waals surface area contributed by atoms with Crippen LogP contribution in [0.4, 0.5) is 16.2 Å². The largest absolute Gasteiger partial charge is 0.495 e. The maximum absolute atomic E-state index is 12.1. The summed E-state index contributed by atoms with van der Waals surface area (Å²) in [5.74, 6) is 0.551. The van der Waals surface area contributed by atoms with E-state index in [1.54, 1.807) is 18.2 Å². The van der Waals surface area contributed by atoms with Crippen LogP contribution in [0.3, 0.4) is 0 Å². The molecule has 2 N–H and O–H groups in total. The second-order valence-electron chi connectivity index (χ2n) is 4.74. The maximum Gasteiger partial charge on any atom is 0.323 e. The Morgan fingerprint density at radius 2 is 1.76 bits per heavy atom. The van der Waals surface area contributed by atoms with Crippen LogP contribution in [0.5, 0.6) is 5.75 Å². The minimum absolute atomic E-state index is 0.345. The zero-order valence-corrected chi connectivity index (χ0v) is 12.9. The van der Waals surface area contributed by atoms with E-state index in [0.29, 0.717) is 16.5 Å². The molecule has 0 radical (unpaired) electrons. The monoisotopic (exact) mass is 304 g/mol. The topological polar surface area (TPSA) is 50.4 Å². The van der Waals surface area contributed by atoms with Crippen molar-refractivity contribution in [3.8, 4) is 5.75 Å². The summed E-state index contributed by atoms with van der Waals surface area (Å²) in [6, 6.07) is 10.5. The van der Waals surface area contributed by atoms with Gasteiger partial charge in [-0.3, -0.25) is 0 Å². The van der Waals surface area contributed by atoms with Gasteiger partial charge in [0.05, 0.1) is 12.8 Å². The summed E-state index contributed by atoms with van der Waals surface area (Å²) in [7, 11) is 1.54. The molecule has 2 aromatic carbocycles. The highest BCUT2D eigenvalue weighted by Gasteiger charge is 2.09. The standard InChI is InChI=1S/C16H17ClN2O2/c1-10-4-6-13(11(2)8-10)18-16(20)19-14-9-12(17)5-7-15(14)21-3/h4-9H,1-3H3,(H2,18,19,20). The van der Waals surface area contributed by atoms with Crippen molar-refractivity contribution in [3.63, 3.8) is 0 Å². The number of ether oxygens (including phenoxy) is 1. The average Bonchev–Trinajstić information content (AvgIpc) is 2.42. The van der Waals surface area contributed by atoms with Crippen molar-refractivity contribution in [2.24, 2.45) is 0 Å². The Morgan fingerprint density at radius 1 is 1.05 bits per heavy atom. The van der Waals surface area contributed by atoms with Crippen molar-refractivity contribution in [2.45, 2.75) is 13.8 Å². The molecule has 2 amide bonds. The van der Waals surface area contributed by atoms with Crippen molar-refractivity contribution in [1.82, 2.24) is 0 Å². The Morgan fingerprint density at radius 3 is 2.43 bits per heavy atom. The van der Waals surface area contributed by atoms with E-state index in [2.05, 4.69) is 10.6 Å². The minimum atomic E-state index is -0.345. The van der Waals surface area contributed by atoms with Gasteiger partial charge in [-0.15, -0.1) is 0 Å². The number of amides is 2. The molecule has 0 aliphatic heterocycles. The number of nitrogens with one attached hydrogen (secondary N) is 2. The van der Waals surface area contributed by atoms with Gasteiger partial charge in [0, 0.05) is 10.7 Å². The fourth-order valence-corrected chi connectivity index (χ4v) is 2.18. The molecule has 21 heavy (non-hydrogen) atoms. The summed E-state index contributed by atoms with van der Waals surface area (Å²) < 4.78 is 5.19. The maximum atomic E-state index is 12.1. The van der Waals surface area contributed by atoms with E-state index < -0.39 is 0 Å².